The van der Waals surface area contributed by atoms with Gasteiger partial charge in [-0.05, 0) is 24.1 Å². The van der Waals surface area contributed by atoms with Crippen molar-refractivity contribution >= 4 is 29.1 Å². The van der Waals surface area contributed by atoms with Crippen LogP contribution < -0.4 is 0 Å². The summed E-state index contributed by atoms with van der Waals surface area (Å²) in [6.07, 6.45) is 1.68. The number of halogens is 1. The molecule has 0 radical (unpaired) electrons. The van der Waals surface area contributed by atoms with Crippen LogP contribution in [0.1, 0.15) is 36.9 Å². The van der Waals surface area contributed by atoms with Gasteiger partial charge in [0.05, 0.1) is 11.6 Å². The number of hydrogen-bond acceptors (Lipinski definition) is 3. The van der Waals surface area contributed by atoms with Crippen molar-refractivity contribution in [1.29, 1.82) is 0 Å². The van der Waals surface area contributed by atoms with Gasteiger partial charge in [0.1, 0.15) is 5.76 Å². The van der Waals surface area contributed by atoms with Crippen LogP contribution in [0.5, 0.6) is 0 Å². The first-order valence-corrected chi connectivity index (χ1v) is 9.01. The number of Topliss-reactive ketones (excluding diaryl/α,β-unsaturated/α-hetero) is 1. The second-order valence-corrected chi connectivity index (χ2v) is 6.70. The van der Waals surface area contributed by atoms with Crippen LogP contribution in [0.3, 0.4) is 0 Å². The highest BCUT2D eigenvalue weighted by molar-refractivity contribution is 6.46. The maximum absolute atomic E-state index is 12.7. The molecular weight excluding hydrogens is 350 g/mol. The lowest BCUT2D eigenvalue weighted by molar-refractivity contribution is -0.139. The molecule has 4 nitrogen and oxygen atoms in total. The third-order valence-electron chi connectivity index (χ3n) is 4.53. The van der Waals surface area contributed by atoms with Crippen LogP contribution in [0.4, 0.5) is 0 Å². The number of carbonyl (C=O) groups excluding carboxylic acids is 2. The molecule has 1 amide bonds. The van der Waals surface area contributed by atoms with E-state index >= 15 is 0 Å². The SMILES string of the molecule is CCCCN1C(=O)C(=O)/C(=C(/O)c2ccccc2)[C@@H]1c1ccc(Cl)cc1. The molecule has 5 heteroatoms. The predicted molar refractivity (Wildman–Crippen MR) is 102 cm³/mol. The van der Waals surface area contributed by atoms with Crippen molar-refractivity contribution in [2.75, 3.05) is 6.54 Å². The Morgan fingerprint density at radius 2 is 1.73 bits per heavy atom. The number of carbonyl (C=O) groups is 2. The number of benzene rings is 2. The van der Waals surface area contributed by atoms with Gasteiger partial charge in [-0.3, -0.25) is 9.59 Å². The molecule has 1 N–H and O–H groups in total. The second-order valence-electron chi connectivity index (χ2n) is 6.26. The quantitative estimate of drug-likeness (QED) is 0.477. The average molecular weight is 370 g/mol. The molecule has 0 aliphatic carbocycles. The van der Waals surface area contributed by atoms with E-state index in [-0.39, 0.29) is 11.3 Å². The van der Waals surface area contributed by atoms with Crippen LogP contribution in [0.2, 0.25) is 5.02 Å². The fourth-order valence-corrected chi connectivity index (χ4v) is 3.31. The molecule has 26 heavy (non-hydrogen) atoms. The van der Waals surface area contributed by atoms with E-state index in [0.717, 1.165) is 18.4 Å². The lowest BCUT2D eigenvalue weighted by atomic mass is 9.95. The number of likely N-dealkylation sites (tertiary alicyclic amines) is 1. The topological polar surface area (TPSA) is 57.6 Å². The zero-order valence-corrected chi connectivity index (χ0v) is 15.2. The Hall–Kier alpha value is -2.59. The van der Waals surface area contributed by atoms with Crippen LogP contribution in [-0.4, -0.2) is 28.2 Å². The van der Waals surface area contributed by atoms with Gasteiger partial charge in [0.25, 0.3) is 11.7 Å². The summed E-state index contributed by atoms with van der Waals surface area (Å²) in [5.74, 6) is -1.37. The van der Waals surface area contributed by atoms with Gasteiger partial charge in [-0.15, -0.1) is 0 Å². The van der Waals surface area contributed by atoms with Crippen LogP contribution in [0, 0.1) is 0 Å². The molecule has 134 valence electrons. The molecule has 2 aromatic carbocycles. The number of unbranched alkanes of at least 4 members (excludes halogenated alkanes) is 1. The fourth-order valence-electron chi connectivity index (χ4n) is 3.18. The molecule has 0 spiro atoms. The van der Waals surface area contributed by atoms with E-state index in [0.29, 0.717) is 17.1 Å². The standard InChI is InChI=1S/C21H20ClNO3/c1-2-3-13-23-18(14-9-11-16(22)12-10-14)17(20(25)21(23)26)19(24)15-7-5-4-6-8-15/h4-12,18,24H,2-3,13H2,1H3/b19-17+/t18-/m0/s1. The van der Waals surface area contributed by atoms with Crippen LogP contribution in [0.15, 0.2) is 60.2 Å². The fraction of sp³-hybridized carbons (Fsp3) is 0.238. The second kappa shape index (κ2) is 7.75. The summed E-state index contributed by atoms with van der Waals surface area (Å²) in [6, 6.07) is 15.2. The minimum atomic E-state index is -0.651. The average Bonchev–Trinajstić information content (AvgIpc) is 2.91. The Balaban J connectivity index is 2.15. The molecule has 1 atom stereocenters. The first-order valence-electron chi connectivity index (χ1n) is 8.64. The lowest BCUT2D eigenvalue weighted by Gasteiger charge is -2.25. The summed E-state index contributed by atoms with van der Waals surface area (Å²) in [5, 5.41) is 11.4. The van der Waals surface area contributed by atoms with E-state index in [1.165, 1.54) is 0 Å². The zero-order valence-electron chi connectivity index (χ0n) is 14.5. The molecule has 3 rings (SSSR count). The number of amides is 1. The van der Waals surface area contributed by atoms with Crippen molar-refractivity contribution in [3.05, 3.63) is 76.3 Å². The Bertz CT molecular complexity index is 843. The smallest absolute Gasteiger partial charge is 0.295 e. The minimum absolute atomic E-state index is 0.125. The monoisotopic (exact) mass is 369 g/mol. The van der Waals surface area contributed by atoms with Crippen molar-refractivity contribution in [3.63, 3.8) is 0 Å². The Kier molecular flexibility index (Phi) is 5.43. The number of ketones is 1. The summed E-state index contributed by atoms with van der Waals surface area (Å²) in [5.41, 5.74) is 1.39. The van der Waals surface area contributed by atoms with Gasteiger partial charge in [-0.25, -0.2) is 0 Å². The Morgan fingerprint density at radius 1 is 1.08 bits per heavy atom. The number of aliphatic hydroxyl groups excluding tert-OH is 1. The largest absolute Gasteiger partial charge is 0.507 e. The summed E-state index contributed by atoms with van der Waals surface area (Å²) >= 11 is 5.98. The zero-order chi connectivity index (χ0) is 18.7. The normalized spacial score (nSPS) is 19.2. The van der Waals surface area contributed by atoms with Crippen molar-refractivity contribution < 1.29 is 14.7 Å². The third-order valence-corrected chi connectivity index (χ3v) is 4.78. The third kappa shape index (κ3) is 3.37. The maximum atomic E-state index is 12.7. The van der Waals surface area contributed by atoms with Crippen LogP contribution in [-0.2, 0) is 9.59 Å². The van der Waals surface area contributed by atoms with E-state index in [4.69, 9.17) is 11.6 Å². The molecule has 0 saturated carbocycles. The molecule has 1 heterocycles. The van der Waals surface area contributed by atoms with Gasteiger partial charge in [-0.1, -0.05) is 67.4 Å². The van der Waals surface area contributed by atoms with Crippen LogP contribution in [0.25, 0.3) is 5.76 Å². The van der Waals surface area contributed by atoms with Gasteiger partial charge in [0, 0.05) is 17.1 Å². The van der Waals surface area contributed by atoms with Gasteiger partial charge in [0.15, 0.2) is 0 Å². The molecule has 0 aromatic heterocycles. The molecule has 1 saturated heterocycles. The Labute approximate surface area is 157 Å². The van der Waals surface area contributed by atoms with E-state index in [2.05, 4.69) is 0 Å². The number of hydrogen-bond donors (Lipinski definition) is 1. The molecule has 0 bridgehead atoms. The summed E-state index contributed by atoms with van der Waals surface area (Å²) in [6.45, 7) is 2.48. The number of rotatable bonds is 5. The molecule has 0 unspecified atom stereocenters. The van der Waals surface area contributed by atoms with E-state index in [1.54, 1.807) is 53.4 Å². The van der Waals surface area contributed by atoms with Gasteiger partial charge < -0.3 is 10.0 Å². The van der Waals surface area contributed by atoms with Gasteiger partial charge in [-0.2, -0.15) is 0 Å². The predicted octanol–water partition coefficient (Wildman–Crippen LogP) is 4.56. The van der Waals surface area contributed by atoms with E-state index < -0.39 is 17.7 Å². The van der Waals surface area contributed by atoms with E-state index in [9.17, 15) is 14.7 Å². The minimum Gasteiger partial charge on any atom is -0.507 e. The summed E-state index contributed by atoms with van der Waals surface area (Å²) < 4.78 is 0. The highest BCUT2D eigenvalue weighted by Gasteiger charge is 2.45. The molecular formula is C21H20ClNO3. The van der Waals surface area contributed by atoms with Crippen molar-refractivity contribution in [3.8, 4) is 0 Å². The lowest BCUT2D eigenvalue weighted by Crippen LogP contribution is -2.30. The number of aliphatic hydroxyl groups is 1. The van der Waals surface area contributed by atoms with Crippen LogP contribution >= 0.6 is 11.6 Å². The van der Waals surface area contributed by atoms with Crippen molar-refractivity contribution in [2.45, 2.75) is 25.8 Å². The highest BCUT2D eigenvalue weighted by atomic mass is 35.5. The number of nitrogens with zero attached hydrogens (tertiary/aromatic N) is 1. The first kappa shape index (κ1) is 18.2. The molecule has 1 aliphatic heterocycles. The first-order chi connectivity index (χ1) is 12.5. The maximum Gasteiger partial charge on any atom is 0.295 e. The summed E-state index contributed by atoms with van der Waals surface area (Å²) in [7, 11) is 0. The molecule has 1 aliphatic rings. The highest BCUT2D eigenvalue weighted by Crippen LogP contribution is 2.39. The van der Waals surface area contributed by atoms with E-state index in [1.807, 2.05) is 13.0 Å². The van der Waals surface area contributed by atoms with Gasteiger partial charge in [0.2, 0.25) is 0 Å². The Morgan fingerprint density at radius 3 is 2.35 bits per heavy atom. The molecule has 2 aromatic rings. The van der Waals surface area contributed by atoms with Crippen molar-refractivity contribution in [2.24, 2.45) is 0 Å². The molecule has 1 fully saturated rings. The van der Waals surface area contributed by atoms with Crippen molar-refractivity contribution in [1.82, 2.24) is 4.90 Å². The van der Waals surface area contributed by atoms with Gasteiger partial charge >= 0.3 is 0 Å². The summed E-state index contributed by atoms with van der Waals surface area (Å²) in [4.78, 5) is 26.9.